The molecule has 10 heteroatoms. The Kier molecular flexibility index (Phi) is 8.32. The molecule has 0 aliphatic heterocycles. The zero-order chi connectivity index (χ0) is 25.4. The van der Waals surface area contributed by atoms with Gasteiger partial charge in [-0.2, -0.15) is 5.10 Å². The van der Waals surface area contributed by atoms with Gasteiger partial charge in [0.2, 0.25) is 0 Å². The Labute approximate surface area is 205 Å². The molecule has 0 unspecified atom stereocenters. The molecule has 3 aromatic carbocycles. The molecule has 0 aliphatic rings. The van der Waals surface area contributed by atoms with Crippen molar-refractivity contribution in [3.63, 3.8) is 0 Å². The van der Waals surface area contributed by atoms with Crippen LogP contribution in [0.3, 0.4) is 0 Å². The van der Waals surface area contributed by atoms with Crippen molar-refractivity contribution < 1.29 is 27.4 Å². The van der Waals surface area contributed by atoms with Gasteiger partial charge in [-0.15, -0.1) is 0 Å². The van der Waals surface area contributed by atoms with E-state index in [4.69, 9.17) is 14.2 Å². The fraction of sp³-hybridized carbons (Fsp3) is 0.200. The molecule has 3 rings (SSSR count). The largest absolute Gasteiger partial charge is 0.497 e. The molecule has 0 radical (unpaired) electrons. The molecule has 184 valence electrons. The van der Waals surface area contributed by atoms with Crippen molar-refractivity contribution in [2.24, 2.45) is 5.10 Å². The molecule has 9 nitrogen and oxygen atoms in total. The van der Waals surface area contributed by atoms with Gasteiger partial charge in [0.15, 0.2) is 11.5 Å². The molecule has 0 saturated carbocycles. The van der Waals surface area contributed by atoms with Gasteiger partial charge in [0.05, 0.1) is 37.6 Å². The van der Waals surface area contributed by atoms with Crippen molar-refractivity contribution in [1.82, 2.24) is 5.43 Å². The number of carbonyl (C=O) groups excluding carboxylic acids is 1. The minimum absolute atomic E-state index is 0.0421. The Morgan fingerprint density at radius 2 is 1.54 bits per heavy atom. The fourth-order valence-corrected chi connectivity index (χ4v) is 4.66. The number of hydrazone groups is 1. The van der Waals surface area contributed by atoms with E-state index in [-0.39, 0.29) is 10.6 Å². The predicted molar refractivity (Wildman–Crippen MR) is 134 cm³/mol. The molecule has 0 aliphatic carbocycles. The second-order valence-corrected chi connectivity index (χ2v) is 9.19. The Balaban J connectivity index is 1.90. The summed E-state index contributed by atoms with van der Waals surface area (Å²) in [7, 11) is 0.419. The van der Waals surface area contributed by atoms with Gasteiger partial charge in [0.25, 0.3) is 15.9 Å². The topological polar surface area (TPSA) is 107 Å². The summed E-state index contributed by atoms with van der Waals surface area (Å²) in [4.78, 5) is 12.9. The summed E-state index contributed by atoms with van der Waals surface area (Å²) < 4.78 is 43.6. The molecule has 1 amide bonds. The maximum absolute atomic E-state index is 13.5. The van der Waals surface area contributed by atoms with Crippen molar-refractivity contribution in [1.29, 1.82) is 0 Å². The SMILES string of the molecule is COc1ccc(/C(C)=N\NC(=O)CN(c2ccc(OC)c(OC)c2)S(=O)(=O)c2ccccc2)cc1. The van der Waals surface area contributed by atoms with Crippen LogP contribution in [-0.4, -0.2) is 47.9 Å². The number of hydrogen-bond donors (Lipinski definition) is 1. The number of amides is 1. The molecular formula is C25H27N3O6S. The van der Waals surface area contributed by atoms with E-state index in [2.05, 4.69) is 10.5 Å². The molecule has 35 heavy (non-hydrogen) atoms. The monoisotopic (exact) mass is 497 g/mol. The number of nitrogens with one attached hydrogen (secondary N) is 1. The maximum Gasteiger partial charge on any atom is 0.264 e. The number of ether oxygens (including phenoxy) is 3. The zero-order valence-electron chi connectivity index (χ0n) is 19.9. The summed E-state index contributed by atoms with van der Waals surface area (Å²) in [5, 5.41) is 4.12. The first-order chi connectivity index (χ1) is 16.8. The smallest absolute Gasteiger partial charge is 0.264 e. The van der Waals surface area contributed by atoms with E-state index in [1.54, 1.807) is 68.6 Å². The van der Waals surface area contributed by atoms with Crippen LogP contribution in [0.5, 0.6) is 17.2 Å². The van der Waals surface area contributed by atoms with Gasteiger partial charge in [0, 0.05) is 6.07 Å². The van der Waals surface area contributed by atoms with Crippen molar-refractivity contribution in [2.45, 2.75) is 11.8 Å². The molecule has 0 spiro atoms. The van der Waals surface area contributed by atoms with Crippen LogP contribution >= 0.6 is 0 Å². The lowest BCUT2D eigenvalue weighted by Crippen LogP contribution is -2.39. The van der Waals surface area contributed by atoms with Crippen LogP contribution in [0, 0.1) is 0 Å². The van der Waals surface area contributed by atoms with Gasteiger partial charge in [0.1, 0.15) is 12.3 Å². The normalized spacial score (nSPS) is 11.5. The molecule has 1 N–H and O–H groups in total. The summed E-state index contributed by atoms with van der Waals surface area (Å²) in [6, 6.07) is 19.7. The third-order valence-corrected chi connectivity index (χ3v) is 6.92. The van der Waals surface area contributed by atoms with Gasteiger partial charge >= 0.3 is 0 Å². The Morgan fingerprint density at radius 1 is 0.886 bits per heavy atom. The number of benzene rings is 3. The third-order valence-electron chi connectivity index (χ3n) is 5.13. The third kappa shape index (κ3) is 6.10. The van der Waals surface area contributed by atoms with Crippen LogP contribution in [0.25, 0.3) is 0 Å². The molecular weight excluding hydrogens is 470 g/mol. The number of carbonyl (C=O) groups is 1. The molecule has 0 bridgehead atoms. The van der Waals surface area contributed by atoms with Gasteiger partial charge in [-0.1, -0.05) is 18.2 Å². The van der Waals surface area contributed by atoms with Gasteiger partial charge in [-0.25, -0.2) is 13.8 Å². The lowest BCUT2D eigenvalue weighted by atomic mass is 10.1. The van der Waals surface area contributed by atoms with E-state index < -0.39 is 22.5 Å². The minimum atomic E-state index is -4.08. The zero-order valence-corrected chi connectivity index (χ0v) is 20.7. The van der Waals surface area contributed by atoms with Gasteiger partial charge in [-0.3, -0.25) is 9.10 Å². The van der Waals surface area contributed by atoms with Crippen LogP contribution in [-0.2, 0) is 14.8 Å². The van der Waals surface area contributed by atoms with Crippen LogP contribution in [0.2, 0.25) is 0 Å². The first-order valence-corrected chi connectivity index (χ1v) is 12.0. The van der Waals surface area contributed by atoms with E-state index in [1.807, 2.05) is 0 Å². The summed E-state index contributed by atoms with van der Waals surface area (Å²) >= 11 is 0. The predicted octanol–water partition coefficient (Wildman–Crippen LogP) is 3.45. The van der Waals surface area contributed by atoms with Crippen LogP contribution in [0.1, 0.15) is 12.5 Å². The Bertz CT molecular complexity index is 1290. The number of anilines is 1. The first kappa shape index (κ1) is 25.6. The molecule has 3 aromatic rings. The summed E-state index contributed by atoms with van der Waals surface area (Å²) in [5.41, 5.74) is 4.00. The lowest BCUT2D eigenvalue weighted by molar-refractivity contribution is -0.119. The highest BCUT2D eigenvalue weighted by molar-refractivity contribution is 7.92. The molecule has 0 heterocycles. The number of sulfonamides is 1. The van der Waals surface area contributed by atoms with E-state index in [0.29, 0.717) is 23.0 Å². The lowest BCUT2D eigenvalue weighted by Gasteiger charge is -2.24. The van der Waals surface area contributed by atoms with Crippen molar-refractivity contribution in [2.75, 3.05) is 32.2 Å². The van der Waals surface area contributed by atoms with E-state index in [9.17, 15) is 13.2 Å². The van der Waals surface area contributed by atoms with Crippen molar-refractivity contribution in [3.05, 3.63) is 78.4 Å². The molecule has 0 fully saturated rings. The Morgan fingerprint density at radius 3 is 2.14 bits per heavy atom. The van der Waals surface area contributed by atoms with Gasteiger partial charge < -0.3 is 14.2 Å². The highest BCUT2D eigenvalue weighted by atomic mass is 32.2. The minimum Gasteiger partial charge on any atom is -0.497 e. The van der Waals surface area contributed by atoms with Crippen LogP contribution < -0.4 is 23.9 Å². The summed E-state index contributed by atoms with van der Waals surface area (Å²) in [6.07, 6.45) is 0. The number of methoxy groups -OCH3 is 3. The van der Waals surface area contributed by atoms with Crippen LogP contribution in [0.15, 0.2) is 82.8 Å². The number of nitrogens with zero attached hydrogens (tertiary/aromatic N) is 2. The van der Waals surface area contributed by atoms with E-state index in [0.717, 1.165) is 9.87 Å². The standard InChI is InChI=1S/C25H27N3O6S/c1-18(19-10-13-21(32-2)14-11-19)26-27-25(29)17-28(35(30,31)22-8-6-5-7-9-22)20-12-15-23(33-3)24(16-20)34-4/h5-16H,17H2,1-4H3,(H,27,29)/b26-18-. The number of rotatable bonds is 10. The first-order valence-electron chi connectivity index (χ1n) is 10.6. The second-order valence-electron chi connectivity index (χ2n) is 7.32. The van der Waals surface area contributed by atoms with Gasteiger partial charge in [-0.05, 0) is 61.0 Å². The molecule has 0 aromatic heterocycles. The van der Waals surface area contributed by atoms with Crippen molar-refractivity contribution >= 4 is 27.3 Å². The average Bonchev–Trinajstić information content (AvgIpc) is 2.90. The van der Waals surface area contributed by atoms with Crippen molar-refractivity contribution in [3.8, 4) is 17.2 Å². The van der Waals surface area contributed by atoms with E-state index in [1.165, 1.54) is 32.4 Å². The van der Waals surface area contributed by atoms with E-state index >= 15 is 0 Å². The summed E-state index contributed by atoms with van der Waals surface area (Å²) in [6.45, 7) is 1.22. The maximum atomic E-state index is 13.5. The molecule has 0 atom stereocenters. The summed E-state index contributed by atoms with van der Waals surface area (Å²) in [5.74, 6) is 0.832. The van der Waals surface area contributed by atoms with Crippen LogP contribution in [0.4, 0.5) is 5.69 Å². The second kappa shape index (κ2) is 11.4. The highest BCUT2D eigenvalue weighted by Gasteiger charge is 2.28. The quantitative estimate of drug-likeness (QED) is 0.340. The molecule has 0 saturated heterocycles. The fourth-order valence-electron chi connectivity index (χ4n) is 3.22. The highest BCUT2D eigenvalue weighted by Crippen LogP contribution is 2.33. The number of hydrogen-bond acceptors (Lipinski definition) is 7. The Hall–Kier alpha value is -4.05. The average molecular weight is 498 g/mol.